The zero-order chi connectivity index (χ0) is 11.6. The van der Waals surface area contributed by atoms with Crippen LogP contribution >= 0.6 is 0 Å². The van der Waals surface area contributed by atoms with Gasteiger partial charge < -0.3 is 0 Å². The molecular formula is C16H24. The van der Waals surface area contributed by atoms with Crippen LogP contribution in [-0.2, 0) is 0 Å². The van der Waals surface area contributed by atoms with Crippen molar-refractivity contribution in [1.29, 1.82) is 0 Å². The van der Waals surface area contributed by atoms with Crippen LogP contribution in [0.15, 0.2) is 37.0 Å². The fourth-order valence-corrected chi connectivity index (χ4v) is 3.05. The first-order valence-electron chi connectivity index (χ1n) is 6.60. The van der Waals surface area contributed by atoms with Crippen molar-refractivity contribution in [3.63, 3.8) is 0 Å². The lowest BCUT2D eigenvalue weighted by molar-refractivity contribution is 0.281. The molecule has 0 aromatic rings. The van der Waals surface area contributed by atoms with Gasteiger partial charge in [0.1, 0.15) is 0 Å². The first kappa shape index (κ1) is 11.7. The summed E-state index contributed by atoms with van der Waals surface area (Å²) in [7, 11) is 0. The van der Waals surface area contributed by atoms with Crippen molar-refractivity contribution in [2.24, 2.45) is 16.7 Å². The summed E-state index contributed by atoms with van der Waals surface area (Å²) in [5.74, 6) is 0.823. The normalized spacial score (nSPS) is 41.0. The molecule has 3 rings (SSSR count). The van der Waals surface area contributed by atoms with Crippen molar-refractivity contribution >= 4 is 0 Å². The van der Waals surface area contributed by atoms with E-state index >= 15 is 0 Å². The van der Waals surface area contributed by atoms with Crippen molar-refractivity contribution in [2.75, 3.05) is 0 Å². The summed E-state index contributed by atoms with van der Waals surface area (Å²) in [5.41, 5.74) is 0.657. The van der Waals surface area contributed by atoms with Crippen LogP contribution < -0.4 is 0 Å². The highest BCUT2D eigenvalue weighted by Crippen LogP contribution is 2.49. The molecule has 1 unspecified atom stereocenters. The Labute approximate surface area is 100 Å². The van der Waals surface area contributed by atoms with Gasteiger partial charge >= 0.3 is 0 Å². The number of unbranched alkanes of at least 4 members (excludes halogenated alkanes) is 1. The van der Waals surface area contributed by atoms with Gasteiger partial charge in [-0.15, -0.1) is 6.58 Å². The molecule has 88 valence electrons. The molecule has 0 spiro atoms. The smallest absolute Gasteiger partial charge is 0.00615 e. The number of hydrogen-bond acceptors (Lipinski definition) is 0. The van der Waals surface area contributed by atoms with Crippen LogP contribution in [0, 0.1) is 16.7 Å². The standard InChI is InChI=1S/C16H24/c1-4-5-6-7-14-8-9-15(2)10-12-16(14,3)13-11-15/h4,10-14H,1,5-9H2,2-3H3. The van der Waals surface area contributed by atoms with Crippen LogP contribution in [0.25, 0.3) is 0 Å². The van der Waals surface area contributed by atoms with E-state index in [4.69, 9.17) is 0 Å². The van der Waals surface area contributed by atoms with Gasteiger partial charge in [-0.2, -0.15) is 0 Å². The zero-order valence-corrected chi connectivity index (χ0v) is 10.7. The molecule has 0 N–H and O–H groups in total. The molecule has 0 saturated heterocycles. The third kappa shape index (κ3) is 2.16. The maximum atomic E-state index is 3.81. The van der Waals surface area contributed by atoms with Gasteiger partial charge in [0.2, 0.25) is 0 Å². The van der Waals surface area contributed by atoms with Crippen molar-refractivity contribution in [3.05, 3.63) is 37.0 Å². The third-order valence-corrected chi connectivity index (χ3v) is 4.52. The first-order chi connectivity index (χ1) is 7.58. The molecule has 3 aliphatic carbocycles. The summed E-state index contributed by atoms with van der Waals surface area (Å²) in [6.45, 7) is 8.55. The Balaban J connectivity index is 2.08. The zero-order valence-electron chi connectivity index (χ0n) is 10.7. The summed E-state index contributed by atoms with van der Waals surface area (Å²) in [4.78, 5) is 0. The molecule has 0 aromatic carbocycles. The van der Waals surface area contributed by atoms with Crippen LogP contribution in [0.4, 0.5) is 0 Å². The lowest BCUT2D eigenvalue weighted by atomic mass is 9.72. The molecule has 16 heavy (non-hydrogen) atoms. The minimum atomic E-state index is 0.317. The van der Waals surface area contributed by atoms with Crippen molar-refractivity contribution in [2.45, 2.75) is 46.0 Å². The largest absolute Gasteiger partial charge is 0.103 e. The molecule has 0 nitrogen and oxygen atoms in total. The average molecular weight is 216 g/mol. The second-order valence-electron chi connectivity index (χ2n) is 5.99. The maximum Gasteiger partial charge on any atom is 0.00615 e. The molecule has 2 bridgehead atoms. The lowest BCUT2D eigenvalue weighted by Gasteiger charge is -2.32. The Bertz CT molecular complexity index is 305. The Morgan fingerprint density at radius 2 is 1.94 bits per heavy atom. The highest BCUT2D eigenvalue weighted by molar-refractivity contribution is 5.27. The predicted octanol–water partition coefficient (Wildman–Crippen LogP) is 4.89. The van der Waals surface area contributed by atoms with E-state index in [1.54, 1.807) is 0 Å². The summed E-state index contributed by atoms with van der Waals surface area (Å²) >= 11 is 0. The highest BCUT2D eigenvalue weighted by Gasteiger charge is 2.38. The highest BCUT2D eigenvalue weighted by atomic mass is 14.4. The monoisotopic (exact) mass is 216 g/mol. The van der Waals surface area contributed by atoms with Gasteiger partial charge in [-0.3, -0.25) is 0 Å². The Hall–Kier alpha value is -0.780. The minimum Gasteiger partial charge on any atom is -0.103 e. The van der Waals surface area contributed by atoms with Gasteiger partial charge in [-0.1, -0.05) is 44.2 Å². The van der Waals surface area contributed by atoms with E-state index in [0.717, 1.165) is 12.3 Å². The molecule has 0 radical (unpaired) electrons. The van der Waals surface area contributed by atoms with Crippen LogP contribution in [0.3, 0.4) is 0 Å². The molecule has 0 heterocycles. The van der Waals surface area contributed by atoms with E-state index in [1.807, 2.05) is 6.08 Å². The topological polar surface area (TPSA) is 0 Å². The SMILES string of the molecule is C=CCCCC1CCC2(C)C=CC1(C)C=C2. The van der Waals surface area contributed by atoms with Gasteiger partial charge in [0, 0.05) is 10.8 Å². The predicted molar refractivity (Wildman–Crippen MR) is 71.3 cm³/mol. The lowest BCUT2D eigenvalue weighted by Crippen LogP contribution is -2.22. The molecule has 0 heteroatoms. The molecule has 3 aliphatic rings. The molecule has 0 amide bonds. The van der Waals surface area contributed by atoms with Crippen LogP contribution in [-0.4, -0.2) is 0 Å². The number of fused-ring (bicyclic) bond motifs is 2. The van der Waals surface area contributed by atoms with Crippen molar-refractivity contribution < 1.29 is 0 Å². The number of rotatable bonds is 4. The molecular weight excluding hydrogens is 192 g/mol. The quantitative estimate of drug-likeness (QED) is 0.463. The first-order valence-corrected chi connectivity index (χ1v) is 6.60. The van der Waals surface area contributed by atoms with Crippen LogP contribution in [0.2, 0.25) is 0 Å². The fourth-order valence-electron chi connectivity index (χ4n) is 3.05. The van der Waals surface area contributed by atoms with E-state index in [9.17, 15) is 0 Å². The van der Waals surface area contributed by atoms with E-state index in [2.05, 4.69) is 44.7 Å². The summed E-state index contributed by atoms with van der Waals surface area (Å²) in [5, 5.41) is 0. The van der Waals surface area contributed by atoms with Crippen molar-refractivity contribution in [1.82, 2.24) is 0 Å². The van der Waals surface area contributed by atoms with Crippen LogP contribution in [0.5, 0.6) is 0 Å². The van der Waals surface area contributed by atoms with Crippen molar-refractivity contribution in [3.8, 4) is 0 Å². The molecule has 0 aliphatic heterocycles. The van der Waals surface area contributed by atoms with Gasteiger partial charge in [-0.05, 0) is 38.0 Å². The van der Waals surface area contributed by atoms with E-state index in [1.165, 1.54) is 25.7 Å². The summed E-state index contributed by atoms with van der Waals surface area (Å²) in [6, 6.07) is 0. The minimum absolute atomic E-state index is 0.317. The fraction of sp³-hybridized carbons (Fsp3) is 0.625. The van der Waals surface area contributed by atoms with Gasteiger partial charge in [0.05, 0.1) is 0 Å². The number of allylic oxidation sites excluding steroid dienone is 5. The summed E-state index contributed by atoms with van der Waals surface area (Å²) in [6.07, 6.45) is 18.3. The van der Waals surface area contributed by atoms with E-state index in [-0.39, 0.29) is 0 Å². The molecule has 0 saturated carbocycles. The Kier molecular flexibility index (Phi) is 3.10. The van der Waals surface area contributed by atoms with Gasteiger partial charge in [-0.25, -0.2) is 0 Å². The molecule has 0 fully saturated rings. The number of hydrogen-bond donors (Lipinski definition) is 0. The molecule has 0 aromatic heterocycles. The summed E-state index contributed by atoms with van der Waals surface area (Å²) < 4.78 is 0. The average Bonchev–Trinajstić information content (AvgIpc) is 2.47. The second-order valence-corrected chi connectivity index (χ2v) is 5.99. The van der Waals surface area contributed by atoms with Crippen LogP contribution in [0.1, 0.15) is 46.0 Å². The Morgan fingerprint density at radius 1 is 1.25 bits per heavy atom. The van der Waals surface area contributed by atoms with E-state index in [0.29, 0.717) is 10.8 Å². The Morgan fingerprint density at radius 3 is 2.56 bits per heavy atom. The second kappa shape index (κ2) is 4.24. The maximum absolute atomic E-state index is 3.81. The van der Waals surface area contributed by atoms with Gasteiger partial charge in [0.25, 0.3) is 0 Å². The van der Waals surface area contributed by atoms with E-state index < -0.39 is 0 Å². The third-order valence-electron chi connectivity index (χ3n) is 4.52. The van der Waals surface area contributed by atoms with Gasteiger partial charge in [0.15, 0.2) is 0 Å². The molecule has 1 atom stereocenters.